The maximum absolute atomic E-state index is 12.1. The summed E-state index contributed by atoms with van der Waals surface area (Å²) in [6, 6.07) is 7.05. The van der Waals surface area contributed by atoms with Gasteiger partial charge in [-0.2, -0.15) is 0 Å². The van der Waals surface area contributed by atoms with E-state index >= 15 is 0 Å². The fourth-order valence-electron chi connectivity index (χ4n) is 1.79. The quantitative estimate of drug-likeness (QED) is 0.850. The molecule has 0 fully saturated rings. The number of carbonyl (C=O) groups excluding carboxylic acids is 1. The summed E-state index contributed by atoms with van der Waals surface area (Å²) in [6.45, 7) is 3.64. The Morgan fingerprint density at radius 1 is 1.45 bits per heavy atom. The SMILES string of the molecule is CCC(=O)C(Oc1ccccc1Cl)c1nnn(C)c1C. The molecule has 1 unspecified atom stereocenters. The minimum atomic E-state index is -0.784. The molecule has 0 aliphatic carbocycles. The summed E-state index contributed by atoms with van der Waals surface area (Å²) in [4.78, 5) is 12.1. The van der Waals surface area contributed by atoms with Crippen molar-refractivity contribution in [3.63, 3.8) is 0 Å². The summed E-state index contributed by atoms with van der Waals surface area (Å²) in [7, 11) is 1.77. The van der Waals surface area contributed by atoms with Gasteiger partial charge in [-0.25, -0.2) is 0 Å². The first kappa shape index (κ1) is 14.5. The highest BCUT2D eigenvalue weighted by molar-refractivity contribution is 6.32. The molecule has 0 N–H and O–H groups in total. The van der Waals surface area contributed by atoms with Gasteiger partial charge in [0.05, 0.1) is 10.7 Å². The van der Waals surface area contributed by atoms with Gasteiger partial charge in [0.25, 0.3) is 0 Å². The number of rotatable bonds is 5. The monoisotopic (exact) mass is 293 g/mol. The molecule has 0 aliphatic heterocycles. The first-order valence-electron chi connectivity index (χ1n) is 6.34. The first-order chi connectivity index (χ1) is 9.54. The summed E-state index contributed by atoms with van der Waals surface area (Å²) in [6.07, 6.45) is -0.431. The van der Waals surface area contributed by atoms with Crippen LogP contribution >= 0.6 is 11.6 Å². The molecule has 1 heterocycles. The molecule has 106 valence electrons. The fraction of sp³-hybridized carbons (Fsp3) is 0.357. The van der Waals surface area contributed by atoms with Crippen LogP contribution in [0.2, 0.25) is 5.02 Å². The highest BCUT2D eigenvalue weighted by Gasteiger charge is 2.27. The van der Waals surface area contributed by atoms with E-state index < -0.39 is 6.10 Å². The van der Waals surface area contributed by atoms with Crippen LogP contribution in [0.5, 0.6) is 5.75 Å². The van der Waals surface area contributed by atoms with Gasteiger partial charge in [0.2, 0.25) is 6.10 Å². The zero-order valence-corrected chi connectivity index (χ0v) is 12.4. The Labute approximate surface area is 122 Å². The Hall–Kier alpha value is -1.88. The van der Waals surface area contributed by atoms with Gasteiger partial charge in [0.1, 0.15) is 11.4 Å². The molecule has 20 heavy (non-hydrogen) atoms. The van der Waals surface area contributed by atoms with E-state index in [9.17, 15) is 4.79 Å². The summed E-state index contributed by atoms with van der Waals surface area (Å²) >= 11 is 6.07. The molecule has 1 aromatic heterocycles. The summed E-state index contributed by atoms with van der Waals surface area (Å²) < 4.78 is 7.39. The Balaban J connectivity index is 2.37. The van der Waals surface area contributed by atoms with E-state index in [-0.39, 0.29) is 5.78 Å². The van der Waals surface area contributed by atoms with Crippen molar-refractivity contribution in [1.29, 1.82) is 0 Å². The smallest absolute Gasteiger partial charge is 0.202 e. The van der Waals surface area contributed by atoms with Crippen molar-refractivity contribution in [2.75, 3.05) is 0 Å². The molecule has 0 radical (unpaired) electrons. The number of ketones is 1. The Kier molecular flexibility index (Phi) is 4.39. The lowest BCUT2D eigenvalue weighted by atomic mass is 10.1. The molecule has 2 rings (SSSR count). The number of carbonyl (C=O) groups is 1. The standard InChI is InChI=1S/C14H16ClN3O2/c1-4-11(19)14(13-9(2)18(3)17-16-13)20-12-8-6-5-7-10(12)15/h5-8,14H,4H2,1-3H3. The summed E-state index contributed by atoms with van der Waals surface area (Å²) in [5.41, 5.74) is 1.32. The van der Waals surface area contributed by atoms with E-state index in [4.69, 9.17) is 16.3 Å². The third-order valence-corrected chi connectivity index (χ3v) is 3.43. The molecule has 0 saturated heterocycles. The molecule has 0 amide bonds. The van der Waals surface area contributed by atoms with Gasteiger partial charge < -0.3 is 4.74 Å². The van der Waals surface area contributed by atoms with Crippen LogP contribution in [0.25, 0.3) is 0 Å². The molecule has 0 bridgehead atoms. The van der Waals surface area contributed by atoms with Crippen LogP contribution in [0.3, 0.4) is 0 Å². The van der Waals surface area contributed by atoms with Gasteiger partial charge in [-0.1, -0.05) is 35.9 Å². The van der Waals surface area contributed by atoms with Gasteiger partial charge >= 0.3 is 0 Å². The third kappa shape index (κ3) is 2.82. The molecule has 5 nitrogen and oxygen atoms in total. The van der Waals surface area contributed by atoms with Crippen molar-refractivity contribution in [2.24, 2.45) is 7.05 Å². The zero-order valence-electron chi connectivity index (χ0n) is 11.6. The molecular formula is C14H16ClN3O2. The third-order valence-electron chi connectivity index (χ3n) is 3.11. The molecule has 1 atom stereocenters. The van der Waals surface area contributed by atoms with E-state index in [1.807, 2.05) is 6.92 Å². The van der Waals surface area contributed by atoms with Crippen LogP contribution in [-0.2, 0) is 11.8 Å². The van der Waals surface area contributed by atoms with Gasteiger partial charge in [0.15, 0.2) is 5.78 Å². The topological polar surface area (TPSA) is 57.0 Å². The number of aryl methyl sites for hydroxylation is 1. The molecule has 0 saturated carbocycles. The number of hydrogen-bond acceptors (Lipinski definition) is 4. The van der Waals surface area contributed by atoms with Crippen molar-refractivity contribution < 1.29 is 9.53 Å². The predicted molar refractivity (Wildman–Crippen MR) is 75.9 cm³/mol. The number of Topliss-reactive ketones (excluding diaryl/α,β-unsaturated/α-hetero) is 1. The van der Waals surface area contributed by atoms with Crippen LogP contribution < -0.4 is 4.74 Å². The summed E-state index contributed by atoms with van der Waals surface area (Å²) in [5.74, 6) is 0.402. The lowest BCUT2D eigenvalue weighted by molar-refractivity contribution is -0.125. The van der Waals surface area contributed by atoms with Crippen LogP contribution in [-0.4, -0.2) is 20.8 Å². The average molecular weight is 294 g/mol. The summed E-state index contributed by atoms with van der Waals surface area (Å²) in [5, 5.41) is 8.41. The Morgan fingerprint density at radius 2 is 2.15 bits per heavy atom. The lowest BCUT2D eigenvalue weighted by Crippen LogP contribution is -2.20. The largest absolute Gasteiger partial charge is 0.475 e. The lowest BCUT2D eigenvalue weighted by Gasteiger charge is -2.17. The van der Waals surface area contributed by atoms with Crippen LogP contribution in [0, 0.1) is 6.92 Å². The van der Waals surface area contributed by atoms with Gasteiger partial charge in [-0.3, -0.25) is 9.48 Å². The molecule has 0 aliphatic rings. The molecule has 6 heteroatoms. The number of benzene rings is 1. The number of aromatic nitrogens is 3. The van der Waals surface area contributed by atoms with E-state index in [2.05, 4.69) is 10.3 Å². The fourth-order valence-corrected chi connectivity index (χ4v) is 1.97. The second-order valence-electron chi connectivity index (χ2n) is 4.43. The highest BCUT2D eigenvalue weighted by Crippen LogP contribution is 2.30. The first-order valence-corrected chi connectivity index (χ1v) is 6.72. The average Bonchev–Trinajstić information content (AvgIpc) is 2.77. The van der Waals surface area contributed by atoms with Crippen LogP contribution in [0.1, 0.15) is 30.8 Å². The maximum Gasteiger partial charge on any atom is 0.202 e. The van der Waals surface area contributed by atoms with Crippen molar-refractivity contribution in [1.82, 2.24) is 15.0 Å². The van der Waals surface area contributed by atoms with E-state index in [1.54, 1.807) is 42.9 Å². The minimum Gasteiger partial charge on any atom is -0.475 e. The van der Waals surface area contributed by atoms with Crippen LogP contribution in [0.15, 0.2) is 24.3 Å². The number of hydrogen-bond donors (Lipinski definition) is 0. The maximum atomic E-state index is 12.1. The van der Waals surface area contributed by atoms with E-state index in [0.29, 0.717) is 22.9 Å². The van der Waals surface area contributed by atoms with E-state index in [1.165, 1.54) is 0 Å². The number of para-hydroxylation sites is 1. The second kappa shape index (κ2) is 6.05. The molecule has 0 spiro atoms. The second-order valence-corrected chi connectivity index (χ2v) is 4.84. The molecule has 2 aromatic rings. The van der Waals surface area contributed by atoms with Crippen molar-refractivity contribution in [3.05, 3.63) is 40.7 Å². The van der Waals surface area contributed by atoms with E-state index in [0.717, 1.165) is 5.69 Å². The van der Waals surface area contributed by atoms with Gasteiger partial charge in [0, 0.05) is 13.5 Å². The van der Waals surface area contributed by atoms with Crippen molar-refractivity contribution >= 4 is 17.4 Å². The number of halogens is 1. The number of nitrogens with zero attached hydrogens (tertiary/aromatic N) is 3. The van der Waals surface area contributed by atoms with Crippen molar-refractivity contribution in [3.8, 4) is 5.75 Å². The van der Waals surface area contributed by atoms with Crippen LogP contribution in [0.4, 0.5) is 0 Å². The Bertz CT molecular complexity index is 625. The van der Waals surface area contributed by atoms with Gasteiger partial charge in [-0.15, -0.1) is 5.10 Å². The predicted octanol–water partition coefficient (Wildman–Crippen LogP) is 2.88. The normalized spacial score (nSPS) is 12.2. The minimum absolute atomic E-state index is 0.0616. The van der Waals surface area contributed by atoms with Gasteiger partial charge in [-0.05, 0) is 19.1 Å². The zero-order chi connectivity index (χ0) is 14.7. The highest BCUT2D eigenvalue weighted by atomic mass is 35.5. The number of ether oxygens (including phenoxy) is 1. The molecule has 1 aromatic carbocycles. The molecular weight excluding hydrogens is 278 g/mol. The Morgan fingerprint density at radius 3 is 2.70 bits per heavy atom. The van der Waals surface area contributed by atoms with Crippen molar-refractivity contribution in [2.45, 2.75) is 26.4 Å².